The van der Waals surface area contributed by atoms with E-state index in [1.807, 2.05) is 0 Å². The normalized spacial score (nSPS) is 10.8. The zero-order valence-corrected chi connectivity index (χ0v) is 12.8. The predicted molar refractivity (Wildman–Crippen MR) is 85.8 cm³/mol. The molecule has 9 nitrogen and oxygen atoms in total. The second-order valence-corrected chi connectivity index (χ2v) is 5.21. The van der Waals surface area contributed by atoms with Gasteiger partial charge in [0.15, 0.2) is 5.78 Å². The number of carbonyl (C=O) groups excluding carboxylic acids is 1. The zero-order valence-electron chi connectivity index (χ0n) is 12.8. The lowest BCUT2D eigenvalue weighted by Crippen LogP contribution is -2.03. The molecule has 3 aromatic rings. The largest absolute Gasteiger partial charge is 0.497 e. The van der Waals surface area contributed by atoms with Crippen LogP contribution in [0.25, 0.3) is 11.0 Å². The molecule has 0 aliphatic carbocycles. The highest BCUT2D eigenvalue weighted by molar-refractivity contribution is 6.19. The third-order valence-electron chi connectivity index (χ3n) is 3.73. The lowest BCUT2D eigenvalue weighted by atomic mass is 9.99. The molecule has 25 heavy (non-hydrogen) atoms. The minimum atomic E-state index is -1.12. The van der Waals surface area contributed by atoms with Gasteiger partial charge in [-0.05, 0) is 6.92 Å². The van der Waals surface area contributed by atoms with E-state index in [1.165, 1.54) is 19.1 Å². The van der Waals surface area contributed by atoms with E-state index in [0.717, 1.165) is 6.07 Å². The summed E-state index contributed by atoms with van der Waals surface area (Å²) in [5, 5.41) is 32.1. The van der Waals surface area contributed by atoms with Crippen molar-refractivity contribution in [2.24, 2.45) is 0 Å². The Hall–Kier alpha value is -3.75. The van der Waals surface area contributed by atoms with Crippen LogP contribution < -0.4 is 0 Å². The lowest BCUT2D eigenvalue weighted by Gasteiger charge is -2.02. The summed E-state index contributed by atoms with van der Waals surface area (Å²) < 4.78 is 5.34. The monoisotopic (exact) mass is 342 g/mol. The van der Waals surface area contributed by atoms with Gasteiger partial charge in [0.25, 0.3) is 5.75 Å². The Labute approximate surface area is 139 Å². The van der Waals surface area contributed by atoms with Gasteiger partial charge in [0, 0.05) is 5.56 Å². The third-order valence-corrected chi connectivity index (χ3v) is 3.73. The number of hydrogen-bond donors (Lipinski definition) is 1. The van der Waals surface area contributed by atoms with Crippen molar-refractivity contribution >= 4 is 28.1 Å². The van der Waals surface area contributed by atoms with Crippen molar-refractivity contribution in [1.82, 2.24) is 0 Å². The molecule has 2 aromatic carbocycles. The Bertz CT molecular complexity index is 1040. The van der Waals surface area contributed by atoms with Crippen LogP contribution in [0, 0.1) is 27.2 Å². The maximum Gasteiger partial charge on any atom is 0.329 e. The molecule has 0 atom stereocenters. The summed E-state index contributed by atoms with van der Waals surface area (Å²) in [6.07, 6.45) is 0. The van der Waals surface area contributed by atoms with E-state index in [1.54, 1.807) is 18.2 Å². The molecule has 0 amide bonds. The van der Waals surface area contributed by atoms with E-state index in [9.17, 15) is 30.1 Å². The van der Waals surface area contributed by atoms with Crippen LogP contribution in [0.4, 0.5) is 11.4 Å². The highest BCUT2D eigenvalue weighted by Gasteiger charge is 2.35. The number of hydrogen-bond acceptors (Lipinski definition) is 7. The average Bonchev–Trinajstić information content (AvgIpc) is 2.89. The fourth-order valence-electron chi connectivity index (χ4n) is 2.66. The third kappa shape index (κ3) is 2.47. The van der Waals surface area contributed by atoms with E-state index < -0.39 is 32.8 Å². The Balaban J connectivity index is 2.40. The summed E-state index contributed by atoms with van der Waals surface area (Å²) >= 11 is 0. The van der Waals surface area contributed by atoms with E-state index in [-0.39, 0.29) is 27.9 Å². The molecule has 0 aliphatic heterocycles. The molecule has 0 fully saturated rings. The Morgan fingerprint density at radius 3 is 2.32 bits per heavy atom. The van der Waals surface area contributed by atoms with Gasteiger partial charge in [-0.1, -0.05) is 30.3 Å². The predicted octanol–water partition coefficient (Wildman–Crippen LogP) is 3.49. The molecule has 0 aliphatic rings. The van der Waals surface area contributed by atoms with Crippen molar-refractivity contribution in [2.75, 3.05) is 0 Å². The van der Waals surface area contributed by atoms with Crippen molar-refractivity contribution in [3.8, 4) is 5.75 Å². The van der Waals surface area contributed by atoms with Crippen LogP contribution in [0.3, 0.4) is 0 Å². The summed E-state index contributed by atoms with van der Waals surface area (Å²) in [6.45, 7) is 1.42. The summed E-state index contributed by atoms with van der Waals surface area (Å²) in [5.41, 5.74) is -1.86. The van der Waals surface area contributed by atoms with Crippen LogP contribution in [0.2, 0.25) is 0 Å². The number of nitro groups is 2. The quantitative estimate of drug-likeness (QED) is 0.435. The molecule has 3 rings (SSSR count). The lowest BCUT2D eigenvalue weighted by molar-refractivity contribution is -0.394. The number of benzene rings is 2. The number of ketones is 1. The number of phenolic OH excluding ortho intramolecular Hbond substituents is 1. The van der Waals surface area contributed by atoms with Crippen molar-refractivity contribution in [2.45, 2.75) is 6.92 Å². The van der Waals surface area contributed by atoms with Gasteiger partial charge in [-0.15, -0.1) is 0 Å². The molecular weight excluding hydrogens is 332 g/mol. The van der Waals surface area contributed by atoms with E-state index in [0.29, 0.717) is 0 Å². The fourth-order valence-corrected chi connectivity index (χ4v) is 2.66. The summed E-state index contributed by atoms with van der Waals surface area (Å²) in [6, 6.07) is 8.87. The minimum Gasteiger partial charge on any atom is -0.497 e. The van der Waals surface area contributed by atoms with E-state index >= 15 is 0 Å². The average molecular weight is 342 g/mol. The molecule has 0 radical (unpaired) electrons. The highest BCUT2D eigenvalue weighted by atomic mass is 16.6. The molecule has 126 valence electrons. The van der Waals surface area contributed by atoms with Crippen LogP contribution in [0.1, 0.15) is 21.7 Å². The number of aryl methyl sites for hydroxylation is 1. The van der Waals surface area contributed by atoms with Gasteiger partial charge in [0.05, 0.1) is 21.5 Å². The summed E-state index contributed by atoms with van der Waals surface area (Å²) in [5.74, 6) is -1.61. The first-order chi connectivity index (χ1) is 11.8. The molecule has 1 heterocycles. The zero-order chi connectivity index (χ0) is 18.3. The molecule has 1 N–H and O–H groups in total. The van der Waals surface area contributed by atoms with Crippen molar-refractivity contribution in [3.63, 3.8) is 0 Å². The molecular formula is C16H10N2O7. The number of nitro benzene ring substituents is 2. The molecule has 1 aromatic heterocycles. The molecule has 0 spiro atoms. The fraction of sp³-hybridized carbons (Fsp3) is 0.0625. The van der Waals surface area contributed by atoms with E-state index in [2.05, 4.69) is 0 Å². The number of carbonyl (C=O) groups is 1. The molecule has 0 unspecified atom stereocenters. The van der Waals surface area contributed by atoms with Crippen molar-refractivity contribution in [3.05, 3.63) is 73.5 Å². The number of phenols is 1. The standard InChI is InChI=1S/C16H10N2O7/c1-8-12(15(19)9-5-3-2-4-6-9)13-11(25-8)7-10(17(21)22)16(20)14(13)18(23)24/h2-7,20H,1H3. The molecule has 0 bridgehead atoms. The smallest absolute Gasteiger partial charge is 0.329 e. The van der Waals surface area contributed by atoms with E-state index in [4.69, 9.17) is 4.42 Å². The summed E-state index contributed by atoms with van der Waals surface area (Å²) in [4.78, 5) is 33.2. The van der Waals surface area contributed by atoms with Gasteiger partial charge >= 0.3 is 11.4 Å². The Morgan fingerprint density at radius 1 is 1.12 bits per heavy atom. The molecule has 0 saturated carbocycles. The first-order valence-electron chi connectivity index (χ1n) is 7.00. The maximum atomic E-state index is 12.7. The van der Waals surface area contributed by atoms with Crippen LogP contribution in [-0.4, -0.2) is 20.7 Å². The van der Waals surface area contributed by atoms with Crippen LogP contribution in [0.15, 0.2) is 40.8 Å². The first-order valence-corrected chi connectivity index (χ1v) is 7.00. The van der Waals surface area contributed by atoms with Crippen LogP contribution in [-0.2, 0) is 0 Å². The molecule has 0 saturated heterocycles. The minimum absolute atomic E-state index is 0.0619. The van der Waals surface area contributed by atoms with Gasteiger partial charge in [0.1, 0.15) is 16.7 Å². The van der Waals surface area contributed by atoms with Crippen molar-refractivity contribution in [1.29, 1.82) is 0 Å². The van der Waals surface area contributed by atoms with Gasteiger partial charge in [-0.3, -0.25) is 25.0 Å². The first kappa shape index (κ1) is 16.1. The number of aromatic hydroxyl groups is 1. The Kier molecular flexibility index (Phi) is 3.68. The highest BCUT2D eigenvalue weighted by Crippen LogP contribution is 2.45. The van der Waals surface area contributed by atoms with Crippen LogP contribution in [0.5, 0.6) is 5.75 Å². The second-order valence-electron chi connectivity index (χ2n) is 5.21. The van der Waals surface area contributed by atoms with Crippen molar-refractivity contribution < 1.29 is 24.2 Å². The topological polar surface area (TPSA) is 137 Å². The Morgan fingerprint density at radius 2 is 1.76 bits per heavy atom. The second kappa shape index (κ2) is 5.71. The molecule has 9 heteroatoms. The number of furan rings is 1. The van der Waals surface area contributed by atoms with Crippen LogP contribution >= 0.6 is 0 Å². The van der Waals surface area contributed by atoms with Gasteiger partial charge in [-0.25, -0.2) is 0 Å². The number of nitrogens with zero attached hydrogens (tertiary/aromatic N) is 2. The number of fused-ring (bicyclic) bond motifs is 1. The summed E-state index contributed by atoms with van der Waals surface area (Å²) in [7, 11) is 0. The van der Waals surface area contributed by atoms with Gasteiger partial charge in [0.2, 0.25) is 0 Å². The van der Waals surface area contributed by atoms with Gasteiger partial charge < -0.3 is 9.52 Å². The number of rotatable bonds is 4. The maximum absolute atomic E-state index is 12.7. The van der Waals surface area contributed by atoms with Gasteiger partial charge in [-0.2, -0.15) is 0 Å². The SMILES string of the molecule is Cc1oc2cc([N+](=O)[O-])c(O)c([N+](=O)[O-])c2c1C(=O)c1ccccc1.